The predicted molar refractivity (Wildman–Crippen MR) is 134 cm³/mol. The SMILES string of the molecule is CC(C)OC(=O)[C@H](C)NP(=O)(OC[C@H]1O[C@@H](n2ccc(=O)[nH]c2=O)[C@](C)(C#N)[C@@H]1OC=O)Oc1ccccc1. The van der Waals surface area contributed by atoms with Crippen LogP contribution >= 0.6 is 7.75 Å². The minimum atomic E-state index is -4.32. The molecule has 1 aliphatic rings. The van der Waals surface area contributed by atoms with E-state index in [-0.39, 0.29) is 12.2 Å². The van der Waals surface area contributed by atoms with Gasteiger partial charge in [0, 0.05) is 12.3 Å². The van der Waals surface area contributed by atoms with Crippen LogP contribution in [0.25, 0.3) is 0 Å². The van der Waals surface area contributed by atoms with E-state index in [0.29, 0.717) is 0 Å². The summed E-state index contributed by atoms with van der Waals surface area (Å²) in [5.74, 6) is -0.551. The number of nitrogens with zero attached hydrogens (tertiary/aromatic N) is 2. The molecule has 6 atom stereocenters. The highest BCUT2D eigenvalue weighted by molar-refractivity contribution is 7.52. The van der Waals surface area contributed by atoms with E-state index in [0.717, 1.165) is 16.8 Å². The predicted octanol–water partition coefficient (Wildman–Crippen LogP) is 1.64. The molecule has 0 radical (unpaired) electrons. The van der Waals surface area contributed by atoms with Crippen molar-refractivity contribution in [3.63, 3.8) is 0 Å². The van der Waals surface area contributed by atoms with E-state index in [1.54, 1.807) is 32.0 Å². The molecule has 0 amide bonds. The summed E-state index contributed by atoms with van der Waals surface area (Å²) in [5, 5.41) is 12.5. The van der Waals surface area contributed by atoms with Gasteiger partial charge in [0.05, 0.1) is 18.8 Å². The third-order valence-corrected chi connectivity index (χ3v) is 7.37. The molecular weight excluding hydrogens is 535 g/mol. The molecule has 210 valence electrons. The highest BCUT2D eigenvalue weighted by atomic mass is 31.2. The van der Waals surface area contributed by atoms with Gasteiger partial charge >= 0.3 is 19.4 Å². The van der Waals surface area contributed by atoms with E-state index in [9.17, 15) is 29.0 Å². The Hall–Kier alpha value is -3.76. The summed E-state index contributed by atoms with van der Waals surface area (Å²) in [6, 6.07) is 9.96. The van der Waals surface area contributed by atoms with E-state index in [2.05, 4.69) is 10.1 Å². The van der Waals surface area contributed by atoms with Crippen LogP contribution in [-0.4, -0.2) is 53.0 Å². The number of nitriles is 1. The number of H-pyrrole nitrogens is 1. The van der Waals surface area contributed by atoms with Gasteiger partial charge in [-0.05, 0) is 39.8 Å². The molecule has 1 aromatic carbocycles. The van der Waals surface area contributed by atoms with Crippen LogP contribution in [0.1, 0.15) is 33.9 Å². The number of carbonyl (C=O) groups excluding carboxylic acids is 2. The van der Waals surface area contributed by atoms with Crippen molar-refractivity contribution in [2.24, 2.45) is 5.41 Å². The Balaban J connectivity index is 1.90. The topological polar surface area (TPSA) is 188 Å². The number of carbonyl (C=O) groups is 2. The largest absolute Gasteiger partial charge is 0.462 e. The summed E-state index contributed by atoms with van der Waals surface area (Å²) in [4.78, 5) is 49.7. The van der Waals surface area contributed by atoms with Gasteiger partial charge in [0.25, 0.3) is 12.0 Å². The second-order valence-electron chi connectivity index (χ2n) is 9.13. The Morgan fingerprint density at radius 3 is 2.56 bits per heavy atom. The lowest BCUT2D eigenvalue weighted by Crippen LogP contribution is -2.42. The maximum Gasteiger partial charge on any atom is 0.459 e. The van der Waals surface area contributed by atoms with E-state index >= 15 is 0 Å². The van der Waals surface area contributed by atoms with Crippen molar-refractivity contribution in [3.05, 3.63) is 63.4 Å². The van der Waals surface area contributed by atoms with Crippen LogP contribution < -0.4 is 20.9 Å². The molecule has 0 bridgehead atoms. The van der Waals surface area contributed by atoms with Gasteiger partial charge in [0.2, 0.25) is 0 Å². The lowest BCUT2D eigenvalue weighted by Gasteiger charge is -2.28. The summed E-state index contributed by atoms with van der Waals surface area (Å²) in [6.07, 6.45) is -3.14. The molecule has 0 spiro atoms. The smallest absolute Gasteiger partial charge is 0.459 e. The second-order valence-corrected chi connectivity index (χ2v) is 10.8. The normalized spacial score (nSPS) is 24.8. The molecule has 39 heavy (non-hydrogen) atoms. The van der Waals surface area contributed by atoms with Crippen LogP contribution in [-0.2, 0) is 32.9 Å². The zero-order valence-corrected chi connectivity index (χ0v) is 22.5. The Morgan fingerprint density at radius 1 is 1.28 bits per heavy atom. The number of benzene rings is 1. The van der Waals surface area contributed by atoms with Crippen LogP contribution in [0.15, 0.2) is 52.2 Å². The molecular formula is C24H29N4O10P. The first-order valence-electron chi connectivity index (χ1n) is 11.9. The van der Waals surface area contributed by atoms with Gasteiger partial charge in [0.1, 0.15) is 23.3 Å². The monoisotopic (exact) mass is 564 g/mol. The summed E-state index contributed by atoms with van der Waals surface area (Å²) >= 11 is 0. The fourth-order valence-electron chi connectivity index (χ4n) is 3.91. The van der Waals surface area contributed by atoms with E-state index in [1.807, 2.05) is 6.07 Å². The zero-order valence-electron chi connectivity index (χ0n) is 21.6. The lowest BCUT2D eigenvalue weighted by molar-refractivity contribution is -0.149. The number of aromatic amines is 1. The minimum Gasteiger partial charge on any atom is -0.462 e. The quantitative estimate of drug-likeness (QED) is 0.216. The van der Waals surface area contributed by atoms with Gasteiger partial charge in [-0.2, -0.15) is 10.3 Å². The van der Waals surface area contributed by atoms with Crippen LogP contribution in [0.5, 0.6) is 5.75 Å². The number of rotatable bonds is 12. The van der Waals surface area contributed by atoms with Gasteiger partial charge in [0.15, 0.2) is 12.3 Å². The molecule has 0 aliphatic carbocycles. The number of para-hydroxylation sites is 1. The molecule has 15 heteroatoms. The molecule has 1 aliphatic heterocycles. The third-order valence-electron chi connectivity index (χ3n) is 5.73. The molecule has 1 aromatic heterocycles. The first-order valence-corrected chi connectivity index (χ1v) is 13.4. The fourth-order valence-corrected chi connectivity index (χ4v) is 5.41. The van der Waals surface area contributed by atoms with Gasteiger partial charge < -0.3 is 18.7 Å². The Kier molecular flexibility index (Phi) is 9.47. The van der Waals surface area contributed by atoms with Gasteiger partial charge in [-0.1, -0.05) is 18.2 Å². The average Bonchev–Trinajstić information content (AvgIpc) is 3.15. The van der Waals surface area contributed by atoms with Gasteiger partial charge in [-0.15, -0.1) is 0 Å². The molecule has 2 aromatic rings. The van der Waals surface area contributed by atoms with Crippen LogP contribution in [0.2, 0.25) is 0 Å². The lowest BCUT2D eigenvalue weighted by atomic mass is 9.83. The van der Waals surface area contributed by atoms with E-state index in [4.69, 9.17) is 23.3 Å². The van der Waals surface area contributed by atoms with Gasteiger partial charge in [-0.3, -0.25) is 28.5 Å². The first kappa shape index (κ1) is 29.8. The number of nitrogens with one attached hydrogen (secondary N) is 2. The van der Waals surface area contributed by atoms with Gasteiger partial charge in [-0.25, -0.2) is 9.36 Å². The number of hydrogen-bond donors (Lipinski definition) is 2. The molecule has 3 rings (SSSR count). The Bertz CT molecular complexity index is 1370. The first-order chi connectivity index (χ1) is 18.4. The number of ether oxygens (including phenoxy) is 3. The van der Waals surface area contributed by atoms with Crippen molar-refractivity contribution in [2.75, 3.05) is 6.61 Å². The molecule has 1 unspecified atom stereocenters. The molecule has 2 heterocycles. The summed E-state index contributed by atoms with van der Waals surface area (Å²) in [7, 11) is -4.32. The second kappa shape index (κ2) is 12.4. The minimum absolute atomic E-state index is 0.108. The van der Waals surface area contributed by atoms with Crippen molar-refractivity contribution >= 4 is 20.2 Å². The third kappa shape index (κ3) is 7.01. The van der Waals surface area contributed by atoms with E-state index < -0.39 is 67.6 Å². The molecule has 0 saturated carbocycles. The standard InChI is InChI=1S/C24H29N4O10P/c1-15(2)36-21(31)16(3)27-39(33,38-17-8-6-5-7-9-17)35-12-18-20(34-14-29)24(4,13-25)22(37-18)28-11-10-19(30)26-23(28)32/h5-11,14-16,18,20,22H,12H2,1-4H3,(H,27,33)(H,26,30,32)/t16-,18+,20+,22+,24+,39?/m0/s1. The van der Waals surface area contributed by atoms with Crippen LogP contribution in [0.4, 0.5) is 0 Å². The fraction of sp³-hybridized carbons (Fsp3) is 0.458. The average molecular weight is 564 g/mol. The number of hydrogen-bond acceptors (Lipinski definition) is 11. The highest BCUT2D eigenvalue weighted by Crippen LogP contribution is 2.49. The van der Waals surface area contributed by atoms with Crippen molar-refractivity contribution in [3.8, 4) is 11.8 Å². The molecule has 1 saturated heterocycles. The number of aromatic nitrogens is 2. The molecule has 2 N–H and O–H groups in total. The van der Waals surface area contributed by atoms with Crippen molar-refractivity contribution in [1.29, 1.82) is 5.26 Å². The summed E-state index contributed by atoms with van der Waals surface area (Å²) < 4.78 is 42.2. The zero-order chi connectivity index (χ0) is 28.8. The maximum absolute atomic E-state index is 13.8. The van der Waals surface area contributed by atoms with Crippen LogP contribution in [0, 0.1) is 16.7 Å². The Morgan fingerprint density at radius 2 is 1.97 bits per heavy atom. The Labute approximate surface area is 223 Å². The van der Waals surface area contributed by atoms with Crippen molar-refractivity contribution in [1.82, 2.24) is 14.6 Å². The highest BCUT2D eigenvalue weighted by Gasteiger charge is 2.58. The molecule has 14 nitrogen and oxygen atoms in total. The maximum atomic E-state index is 13.8. The summed E-state index contributed by atoms with van der Waals surface area (Å²) in [5.41, 5.74) is -3.16. The summed E-state index contributed by atoms with van der Waals surface area (Å²) in [6.45, 7) is 5.66. The van der Waals surface area contributed by atoms with E-state index in [1.165, 1.54) is 26.0 Å². The van der Waals surface area contributed by atoms with Crippen LogP contribution in [0.3, 0.4) is 0 Å². The number of esters is 1. The van der Waals surface area contributed by atoms with Crippen molar-refractivity contribution < 1.29 is 37.4 Å². The molecule has 1 fully saturated rings. The van der Waals surface area contributed by atoms with Crippen molar-refractivity contribution in [2.45, 2.75) is 58.3 Å².